The molecule has 10 heteroatoms. The average molecular weight is 580 g/mol. The maximum atomic E-state index is 13.7. The van der Waals surface area contributed by atoms with Gasteiger partial charge in [0.25, 0.3) is 5.91 Å². The standard InChI is InChI=1S/C32H33N7O2S/c1-37-29-23(13-21(15-26(29)41-2)32(40)39-17-20-5-7-24(39)28(20)33)35-31(37)25-14-19-6-8-27(42-22-9-11-34-12-10-22)36-30(19)38(25)16-18-3-4-18/h6,8-15,18,20,24,28H,3-5,7,16-17,33H2,1-2H3/t20-,24-,28-/m1/s1. The number of aryl methyl sites for hydroxylation is 1. The molecule has 42 heavy (non-hydrogen) atoms. The zero-order valence-corrected chi connectivity index (χ0v) is 24.6. The van der Waals surface area contributed by atoms with E-state index in [0.717, 1.165) is 69.4 Å². The van der Waals surface area contributed by atoms with Gasteiger partial charge in [0.1, 0.15) is 21.9 Å². The van der Waals surface area contributed by atoms with Gasteiger partial charge >= 0.3 is 0 Å². The van der Waals surface area contributed by atoms with Crippen LogP contribution in [0.25, 0.3) is 33.6 Å². The van der Waals surface area contributed by atoms with Crippen LogP contribution in [0.2, 0.25) is 0 Å². The van der Waals surface area contributed by atoms with Gasteiger partial charge < -0.3 is 24.5 Å². The molecule has 0 spiro atoms. The van der Waals surface area contributed by atoms with Gasteiger partial charge in [0, 0.05) is 60.5 Å². The minimum atomic E-state index is 0.0105. The van der Waals surface area contributed by atoms with Crippen LogP contribution in [0.5, 0.6) is 5.75 Å². The van der Waals surface area contributed by atoms with Gasteiger partial charge in [-0.15, -0.1) is 0 Å². The number of carbonyl (C=O) groups excluding carboxylic acids is 1. The van der Waals surface area contributed by atoms with Crippen molar-refractivity contribution in [1.29, 1.82) is 0 Å². The highest BCUT2D eigenvalue weighted by Gasteiger charge is 2.47. The Hall–Kier alpha value is -3.89. The number of hydrogen-bond donors (Lipinski definition) is 1. The number of piperidine rings is 1. The highest BCUT2D eigenvalue weighted by atomic mass is 32.2. The summed E-state index contributed by atoms with van der Waals surface area (Å²) in [5, 5.41) is 2.03. The normalized spacial score (nSPS) is 21.6. The van der Waals surface area contributed by atoms with Gasteiger partial charge in [0.05, 0.1) is 18.3 Å². The number of benzene rings is 1. The van der Waals surface area contributed by atoms with Crippen LogP contribution in [-0.4, -0.2) is 60.6 Å². The molecule has 2 saturated carbocycles. The SMILES string of the molecule is COc1cc(C(=O)N2C[C@H]3CC[C@@H]2[C@@H]3N)cc2nc(-c3cc4ccc(Sc5ccncc5)nc4n3CC3CC3)n(C)c12. The number of nitrogens with zero attached hydrogens (tertiary/aromatic N) is 6. The summed E-state index contributed by atoms with van der Waals surface area (Å²) in [6.07, 6.45) is 8.15. The molecule has 5 heterocycles. The van der Waals surface area contributed by atoms with Gasteiger partial charge in [-0.25, -0.2) is 9.97 Å². The smallest absolute Gasteiger partial charge is 0.254 e. The molecule has 3 atom stereocenters. The second-order valence-corrected chi connectivity index (χ2v) is 13.0. The van der Waals surface area contributed by atoms with E-state index in [2.05, 4.69) is 32.3 Å². The van der Waals surface area contributed by atoms with E-state index in [1.165, 1.54) is 12.8 Å². The number of fused-ring (bicyclic) bond motifs is 4. The molecule has 2 aliphatic carbocycles. The predicted octanol–water partition coefficient (Wildman–Crippen LogP) is 5.12. The van der Waals surface area contributed by atoms with Crippen molar-refractivity contribution in [2.45, 2.75) is 54.2 Å². The van der Waals surface area contributed by atoms with E-state index in [1.54, 1.807) is 31.3 Å². The van der Waals surface area contributed by atoms with Gasteiger partial charge in [0.2, 0.25) is 0 Å². The molecule has 5 aromatic rings. The van der Waals surface area contributed by atoms with Crippen LogP contribution in [0, 0.1) is 11.8 Å². The fraction of sp³-hybridized carbons (Fsp3) is 0.375. The van der Waals surface area contributed by atoms with Crippen LogP contribution in [0.3, 0.4) is 0 Å². The predicted molar refractivity (Wildman–Crippen MR) is 163 cm³/mol. The fourth-order valence-corrected chi connectivity index (χ4v) is 7.66. The molecule has 214 valence electrons. The number of rotatable bonds is 7. The minimum Gasteiger partial charge on any atom is -0.494 e. The lowest BCUT2D eigenvalue weighted by Gasteiger charge is -2.27. The second-order valence-electron chi connectivity index (χ2n) is 11.9. The quantitative estimate of drug-likeness (QED) is 0.286. The monoisotopic (exact) mass is 579 g/mol. The second kappa shape index (κ2) is 9.84. The van der Waals surface area contributed by atoms with Crippen molar-refractivity contribution in [3.05, 3.63) is 60.4 Å². The Morgan fingerprint density at radius 1 is 1.07 bits per heavy atom. The molecular weight excluding hydrogens is 546 g/mol. The summed E-state index contributed by atoms with van der Waals surface area (Å²) >= 11 is 1.64. The van der Waals surface area contributed by atoms with Crippen LogP contribution in [-0.2, 0) is 13.6 Å². The number of nitrogens with two attached hydrogens (primary N) is 1. The first kappa shape index (κ1) is 25.8. The topological polar surface area (TPSA) is 104 Å². The lowest BCUT2D eigenvalue weighted by molar-refractivity contribution is 0.0700. The minimum absolute atomic E-state index is 0.0105. The summed E-state index contributed by atoms with van der Waals surface area (Å²) < 4.78 is 10.3. The molecule has 0 radical (unpaired) electrons. The summed E-state index contributed by atoms with van der Waals surface area (Å²) in [7, 11) is 3.67. The van der Waals surface area contributed by atoms with E-state index < -0.39 is 0 Å². The third kappa shape index (κ3) is 4.19. The number of carbonyl (C=O) groups is 1. The van der Waals surface area contributed by atoms with Crippen LogP contribution >= 0.6 is 11.8 Å². The molecule has 3 aliphatic rings. The van der Waals surface area contributed by atoms with Crippen LogP contribution in [0.1, 0.15) is 36.0 Å². The van der Waals surface area contributed by atoms with Crippen molar-refractivity contribution in [3.63, 3.8) is 0 Å². The Kier molecular flexibility index (Phi) is 6.05. The van der Waals surface area contributed by atoms with Gasteiger partial charge in [-0.05, 0) is 80.0 Å². The first-order chi connectivity index (χ1) is 20.5. The van der Waals surface area contributed by atoms with Gasteiger partial charge in [0.15, 0.2) is 5.82 Å². The van der Waals surface area contributed by atoms with Crippen molar-refractivity contribution in [1.82, 2.24) is 29.0 Å². The molecule has 8 rings (SSSR count). The highest BCUT2D eigenvalue weighted by Crippen LogP contribution is 2.40. The Morgan fingerprint density at radius 2 is 1.90 bits per heavy atom. The molecule has 1 amide bonds. The van der Waals surface area contributed by atoms with Gasteiger partial charge in [-0.1, -0.05) is 11.8 Å². The highest BCUT2D eigenvalue weighted by molar-refractivity contribution is 7.99. The van der Waals surface area contributed by atoms with Gasteiger partial charge in [-0.2, -0.15) is 0 Å². The molecule has 2 N–H and O–H groups in total. The number of pyridine rings is 2. The molecule has 1 aliphatic heterocycles. The number of likely N-dealkylation sites (tertiary alicyclic amines) is 1. The lowest BCUT2D eigenvalue weighted by Crippen LogP contribution is -2.41. The summed E-state index contributed by atoms with van der Waals surface area (Å²) in [6, 6.07) is 14.4. The van der Waals surface area contributed by atoms with Crippen LogP contribution < -0.4 is 10.5 Å². The zero-order chi connectivity index (χ0) is 28.5. The van der Waals surface area contributed by atoms with E-state index in [1.807, 2.05) is 36.2 Å². The van der Waals surface area contributed by atoms with Crippen molar-refractivity contribution in [2.24, 2.45) is 24.6 Å². The van der Waals surface area contributed by atoms with Crippen molar-refractivity contribution in [3.8, 4) is 17.3 Å². The molecule has 2 bridgehead atoms. The molecular formula is C32H33N7O2S. The molecule has 9 nitrogen and oxygen atoms in total. The van der Waals surface area contributed by atoms with E-state index >= 15 is 0 Å². The van der Waals surface area contributed by atoms with E-state index in [9.17, 15) is 4.79 Å². The fourth-order valence-electron chi connectivity index (χ4n) is 6.89. The third-order valence-electron chi connectivity index (χ3n) is 9.27. The summed E-state index contributed by atoms with van der Waals surface area (Å²) in [4.78, 5) is 31.1. The van der Waals surface area contributed by atoms with E-state index in [4.69, 9.17) is 20.4 Å². The number of imidazole rings is 1. The Bertz CT molecular complexity index is 1840. The van der Waals surface area contributed by atoms with Crippen molar-refractivity contribution in [2.75, 3.05) is 13.7 Å². The van der Waals surface area contributed by atoms with E-state index in [-0.39, 0.29) is 18.0 Å². The average Bonchev–Trinajstić information content (AvgIpc) is 3.42. The van der Waals surface area contributed by atoms with E-state index in [0.29, 0.717) is 23.1 Å². The largest absolute Gasteiger partial charge is 0.494 e. The molecule has 1 saturated heterocycles. The number of aromatic nitrogens is 5. The number of methoxy groups -OCH3 is 1. The number of ether oxygens (including phenoxy) is 1. The Morgan fingerprint density at radius 3 is 2.62 bits per heavy atom. The lowest BCUT2D eigenvalue weighted by atomic mass is 10.1. The summed E-state index contributed by atoms with van der Waals surface area (Å²) in [5.41, 5.74) is 10.6. The maximum Gasteiger partial charge on any atom is 0.254 e. The Balaban J connectivity index is 1.21. The van der Waals surface area contributed by atoms with Crippen LogP contribution in [0.4, 0.5) is 0 Å². The van der Waals surface area contributed by atoms with Gasteiger partial charge in [-0.3, -0.25) is 9.78 Å². The van der Waals surface area contributed by atoms with Crippen molar-refractivity contribution >= 4 is 39.7 Å². The summed E-state index contributed by atoms with van der Waals surface area (Å²) in [6.45, 7) is 1.63. The van der Waals surface area contributed by atoms with Crippen LogP contribution in [0.15, 0.2) is 64.8 Å². The summed E-state index contributed by atoms with van der Waals surface area (Å²) in [5.74, 6) is 2.53. The number of hydrogen-bond acceptors (Lipinski definition) is 7. The zero-order valence-electron chi connectivity index (χ0n) is 23.7. The molecule has 0 unspecified atom stereocenters. The number of amides is 1. The van der Waals surface area contributed by atoms with Crippen molar-refractivity contribution < 1.29 is 9.53 Å². The maximum absolute atomic E-state index is 13.7. The molecule has 3 fully saturated rings. The first-order valence-electron chi connectivity index (χ1n) is 14.7. The Labute approximate surface area is 248 Å². The molecule has 4 aromatic heterocycles. The molecule has 1 aromatic carbocycles. The first-order valence-corrected chi connectivity index (χ1v) is 15.5. The third-order valence-corrected chi connectivity index (χ3v) is 10.2.